The van der Waals surface area contributed by atoms with Crippen molar-refractivity contribution < 1.29 is 9.53 Å². The molecule has 0 saturated carbocycles. The van der Waals surface area contributed by atoms with E-state index in [0.29, 0.717) is 23.7 Å². The smallest absolute Gasteiger partial charge is 0.219 e. The number of aromatic nitrogens is 1. The van der Waals surface area contributed by atoms with E-state index in [9.17, 15) is 4.79 Å². The number of fused-ring (bicyclic) bond motifs is 1. The first-order chi connectivity index (χ1) is 9.65. The van der Waals surface area contributed by atoms with Crippen LogP contribution in [0.2, 0.25) is 5.02 Å². The molecule has 0 bridgehead atoms. The van der Waals surface area contributed by atoms with E-state index < -0.39 is 0 Å². The van der Waals surface area contributed by atoms with Crippen molar-refractivity contribution >= 4 is 28.4 Å². The molecule has 0 aliphatic heterocycles. The van der Waals surface area contributed by atoms with Gasteiger partial charge in [-0.1, -0.05) is 18.5 Å². The van der Waals surface area contributed by atoms with Crippen LogP contribution in [0.25, 0.3) is 10.9 Å². The van der Waals surface area contributed by atoms with E-state index in [2.05, 4.69) is 10.3 Å². The molecule has 1 aromatic carbocycles. The van der Waals surface area contributed by atoms with Crippen LogP contribution in [-0.4, -0.2) is 24.5 Å². The Kier molecular flexibility index (Phi) is 4.90. The first-order valence-corrected chi connectivity index (χ1v) is 7.13. The van der Waals surface area contributed by atoms with E-state index >= 15 is 0 Å². The number of H-pyrrole nitrogens is 1. The van der Waals surface area contributed by atoms with Gasteiger partial charge in [-0.2, -0.15) is 0 Å². The second kappa shape index (κ2) is 6.66. The molecule has 0 unspecified atom stereocenters. The summed E-state index contributed by atoms with van der Waals surface area (Å²) in [5.41, 5.74) is 2.12. The maximum atomic E-state index is 11.4. The number of hydrogen-bond donors (Lipinski definition) is 2. The summed E-state index contributed by atoms with van der Waals surface area (Å²) in [5.74, 6) is 0.767. The second-order valence-corrected chi connectivity index (χ2v) is 5.10. The second-order valence-electron chi connectivity index (χ2n) is 4.70. The summed E-state index contributed by atoms with van der Waals surface area (Å²) in [4.78, 5) is 14.6. The van der Waals surface area contributed by atoms with Gasteiger partial charge in [-0.15, -0.1) is 0 Å². The van der Waals surface area contributed by atoms with Crippen LogP contribution >= 0.6 is 11.6 Å². The Labute approximate surface area is 123 Å². The fourth-order valence-corrected chi connectivity index (χ4v) is 2.44. The van der Waals surface area contributed by atoms with Gasteiger partial charge in [-0.25, -0.2) is 0 Å². The van der Waals surface area contributed by atoms with E-state index in [1.165, 1.54) is 0 Å². The molecule has 2 aromatic rings. The zero-order valence-electron chi connectivity index (χ0n) is 11.8. The number of aromatic amines is 1. The highest BCUT2D eigenvalue weighted by Gasteiger charge is 2.09. The molecule has 1 aromatic heterocycles. The number of methoxy groups -OCH3 is 1. The number of benzene rings is 1. The minimum atomic E-state index is 0.105. The number of carbonyl (C=O) groups excluding carboxylic acids is 1. The predicted octanol–water partition coefficient (Wildman–Crippen LogP) is 3.29. The normalized spacial score (nSPS) is 10.8. The molecule has 1 heterocycles. The van der Waals surface area contributed by atoms with Crippen molar-refractivity contribution in [3.05, 3.63) is 28.9 Å². The fraction of sp³-hybridized carbons (Fsp3) is 0.400. The van der Waals surface area contributed by atoms with Gasteiger partial charge in [0.25, 0.3) is 0 Å². The third-order valence-electron chi connectivity index (χ3n) is 3.23. The van der Waals surface area contributed by atoms with Crippen LogP contribution in [0.1, 0.15) is 25.3 Å². The molecule has 5 heteroatoms. The number of carbonyl (C=O) groups is 1. The van der Waals surface area contributed by atoms with Crippen LogP contribution in [-0.2, 0) is 11.2 Å². The third kappa shape index (κ3) is 3.25. The number of amides is 1. The van der Waals surface area contributed by atoms with Gasteiger partial charge < -0.3 is 15.0 Å². The highest BCUT2D eigenvalue weighted by atomic mass is 35.5. The van der Waals surface area contributed by atoms with Gasteiger partial charge in [0.1, 0.15) is 5.75 Å². The maximum Gasteiger partial charge on any atom is 0.219 e. The van der Waals surface area contributed by atoms with E-state index in [0.717, 1.165) is 29.3 Å². The monoisotopic (exact) mass is 294 g/mol. The zero-order chi connectivity index (χ0) is 14.5. The van der Waals surface area contributed by atoms with Gasteiger partial charge in [-0.05, 0) is 30.5 Å². The molecule has 20 heavy (non-hydrogen) atoms. The SMILES string of the molecule is CCCC(=O)NCCc1c[nH]c2cc(Cl)c(OC)cc12. The first-order valence-electron chi connectivity index (χ1n) is 6.76. The Morgan fingerprint density at radius 3 is 2.95 bits per heavy atom. The lowest BCUT2D eigenvalue weighted by atomic mass is 10.1. The third-order valence-corrected chi connectivity index (χ3v) is 3.53. The topological polar surface area (TPSA) is 54.1 Å². The highest BCUT2D eigenvalue weighted by molar-refractivity contribution is 6.32. The van der Waals surface area contributed by atoms with Crippen LogP contribution < -0.4 is 10.1 Å². The summed E-state index contributed by atoms with van der Waals surface area (Å²) in [6, 6.07) is 3.78. The van der Waals surface area contributed by atoms with E-state index in [1.54, 1.807) is 7.11 Å². The molecule has 0 atom stereocenters. The summed E-state index contributed by atoms with van der Waals surface area (Å²) in [5, 5.41) is 4.58. The molecular formula is C15H19ClN2O2. The Hall–Kier alpha value is -1.68. The van der Waals surface area contributed by atoms with Gasteiger partial charge >= 0.3 is 0 Å². The quantitative estimate of drug-likeness (QED) is 0.859. The van der Waals surface area contributed by atoms with Crippen LogP contribution in [0.15, 0.2) is 18.3 Å². The van der Waals surface area contributed by atoms with Crippen LogP contribution in [0.4, 0.5) is 0 Å². The van der Waals surface area contributed by atoms with Crippen molar-refractivity contribution in [2.75, 3.05) is 13.7 Å². The first kappa shape index (κ1) is 14.7. The van der Waals surface area contributed by atoms with Crippen molar-refractivity contribution in [2.45, 2.75) is 26.2 Å². The largest absolute Gasteiger partial charge is 0.495 e. The van der Waals surface area contributed by atoms with Gasteiger partial charge in [0.05, 0.1) is 12.1 Å². The van der Waals surface area contributed by atoms with Crippen molar-refractivity contribution in [1.29, 1.82) is 0 Å². The fourth-order valence-electron chi connectivity index (χ4n) is 2.20. The van der Waals surface area contributed by atoms with Gasteiger partial charge in [-0.3, -0.25) is 4.79 Å². The Morgan fingerprint density at radius 1 is 1.45 bits per heavy atom. The average molecular weight is 295 g/mol. The van der Waals surface area contributed by atoms with Gasteiger partial charge in [0.2, 0.25) is 5.91 Å². The van der Waals surface area contributed by atoms with E-state index in [-0.39, 0.29) is 5.91 Å². The molecule has 0 saturated heterocycles. The number of ether oxygens (including phenoxy) is 1. The summed E-state index contributed by atoms with van der Waals surface area (Å²) in [6.07, 6.45) is 4.18. The molecule has 0 radical (unpaired) electrons. The lowest BCUT2D eigenvalue weighted by molar-refractivity contribution is -0.121. The van der Waals surface area contributed by atoms with E-state index in [4.69, 9.17) is 16.3 Å². The summed E-state index contributed by atoms with van der Waals surface area (Å²) < 4.78 is 5.24. The van der Waals surface area contributed by atoms with Gasteiger partial charge in [0.15, 0.2) is 0 Å². The molecule has 0 fully saturated rings. The van der Waals surface area contributed by atoms with Crippen molar-refractivity contribution in [3.8, 4) is 5.75 Å². The lowest BCUT2D eigenvalue weighted by Gasteiger charge is -2.05. The minimum absolute atomic E-state index is 0.105. The van der Waals surface area contributed by atoms with Crippen molar-refractivity contribution in [1.82, 2.24) is 10.3 Å². The maximum absolute atomic E-state index is 11.4. The molecular weight excluding hydrogens is 276 g/mol. The Morgan fingerprint density at radius 2 is 2.25 bits per heavy atom. The van der Waals surface area contributed by atoms with Crippen molar-refractivity contribution in [2.24, 2.45) is 0 Å². The Balaban J connectivity index is 2.09. The summed E-state index contributed by atoms with van der Waals surface area (Å²) in [6.45, 7) is 2.63. The average Bonchev–Trinajstić information content (AvgIpc) is 2.80. The van der Waals surface area contributed by atoms with E-state index in [1.807, 2.05) is 25.3 Å². The summed E-state index contributed by atoms with van der Waals surface area (Å²) in [7, 11) is 1.60. The molecule has 0 aliphatic carbocycles. The molecule has 4 nitrogen and oxygen atoms in total. The minimum Gasteiger partial charge on any atom is -0.495 e. The number of hydrogen-bond acceptors (Lipinski definition) is 2. The standard InChI is InChI=1S/C15H19ClN2O2/c1-3-4-15(19)17-6-5-10-9-18-13-8-12(16)14(20-2)7-11(10)13/h7-9,18H,3-6H2,1-2H3,(H,17,19). The predicted molar refractivity (Wildman–Crippen MR) is 81.5 cm³/mol. The molecule has 0 aliphatic rings. The van der Waals surface area contributed by atoms with Crippen LogP contribution in [0.3, 0.4) is 0 Å². The number of nitrogens with one attached hydrogen (secondary N) is 2. The number of rotatable bonds is 6. The molecule has 108 valence electrons. The van der Waals surface area contributed by atoms with Crippen LogP contribution in [0, 0.1) is 0 Å². The summed E-state index contributed by atoms with van der Waals surface area (Å²) >= 11 is 6.09. The zero-order valence-corrected chi connectivity index (χ0v) is 12.5. The molecule has 2 rings (SSSR count). The Bertz CT molecular complexity index is 607. The molecule has 2 N–H and O–H groups in total. The van der Waals surface area contributed by atoms with Gasteiger partial charge in [0, 0.05) is 30.1 Å². The molecule has 0 spiro atoms. The highest BCUT2D eigenvalue weighted by Crippen LogP contribution is 2.31. The van der Waals surface area contributed by atoms with Crippen molar-refractivity contribution in [3.63, 3.8) is 0 Å². The molecule has 1 amide bonds. The number of halogens is 1. The van der Waals surface area contributed by atoms with Crippen LogP contribution in [0.5, 0.6) is 5.75 Å². The lowest BCUT2D eigenvalue weighted by Crippen LogP contribution is -2.25.